The molecule has 1 aromatic heterocycles. The van der Waals surface area contributed by atoms with Crippen molar-refractivity contribution in [1.82, 2.24) is 14.7 Å². The summed E-state index contributed by atoms with van der Waals surface area (Å²) in [6, 6.07) is 0. The zero-order chi connectivity index (χ0) is 16.6. The van der Waals surface area contributed by atoms with Gasteiger partial charge in [0.2, 0.25) is 5.91 Å². The SMILES string of the molecule is Cn1ncc2c1CN(C(=O)CS(C)(=O)=O)CC2COCC1CC1. The van der Waals surface area contributed by atoms with Gasteiger partial charge in [-0.2, -0.15) is 5.10 Å². The van der Waals surface area contributed by atoms with Crippen molar-refractivity contribution in [3.05, 3.63) is 17.5 Å². The van der Waals surface area contributed by atoms with Gasteiger partial charge in [0.05, 0.1) is 25.0 Å². The smallest absolute Gasteiger partial charge is 0.238 e. The van der Waals surface area contributed by atoms with E-state index in [0.717, 1.165) is 24.1 Å². The first-order valence-electron chi connectivity index (χ1n) is 7.87. The fourth-order valence-electron chi connectivity index (χ4n) is 2.93. The van der Waals surface area contributed by atoms with E-state index in [1.807, 2.05) is 13.2 Å². The molecule has 1 saturated carbocycles. The molecule has 0 bridgehead atoms. The van der Waals surface area contributed by atoms with Crippen LogP contribution >= 0.6 is 0 Å². The molecular weight excluding hydrogens is 318 g/mol. The van der Waals surface area contributed by atoms with Crippen molar-refractivity contribution in [2.24, 2.45) is 13.0 Å². The van der Waals surface area contributed by atoms with Gasteiger partial charge in [-0.15, -0.1) is 0 Å². The van der Waals surface area contributed by atoms with Crippen LogP contribution in [0.5, 0.6) is 0 Å². The van der Waals surface area contributed by atoms with Gasteiger partial charge < -0.3 is 9.64 Å². The number of ether oxygens (including phenoxy) is 1. The Hall–Kier alpha value is -1.41. The number of aryl methyl sites for hydroxylation is 1. The molecule has 0 radical (unpaired) electrons. The van der Waals surface area contributed by atoms with E-state index >= 15 is 0 Å². The lowest BCUT2D eigenvalue weighted by molar-refractivity contribution is -0.130. The molecule has 1 aromatic rings. The second-order valence-corrected chi connectivity index (χ2v) is 8.83. The van der Waals surface area contributed by atoms with E-state index in [-0.39, 0.29) is 11.8 Å². The number of amides is 1. The Labute approximate surface area is 136 Å². The fraction of sp³-hybridized carbons (Fsp3) is 0.733. The maximum absolute atomic E-state index is 12.3. The molecule has 7 nitrogen and oxygen atoms in total. The molecule has 1 aliphatic heterocycles. The van der Waals surface area contributed by atoms with Crippen molar-refractivity contribution in [3.63, 3.8) is 0 Å². The highest BCUT2D eigenvalue weighted by atomic mass is 32.2. The molecule has 2 heterocycles. The first-order chi connectivity index (χ1) is 10.8. The lowest BCUT2D eigenvalue weighted by atomic mass is 9.95. The Kier molecular flexibility index (Phi) is 4.46. The second-order valence-electron chi connectivity index (χ2n) is 6.69. The average molecular weight is 341 g/mol. The monoisotopic (exact) mass is 341 g/mol. The molecule has 1 unspecified atom stereocenters. The summed E-state index contributed by atoms with van der Waals surface area (Å²) in [6.45, 7) is 2.19. The first-order valence-corrected chi connectivity index (χ1v) is 9.93. The van der Waals surface area contributed by atoms with Crippen LogP contribution in [0, 0.1) is 5.92 Å². The van der Waals surface area contributed by atoms with Crippen LogP contribution in [-0.2, 0) is 33.0 Å². The van der Waals surface area contributed by atoms with Crippen LogP contribution in [0.1, 0.15) is 30.0 Å². The first kappa shape index (κ1) is 16.4. The predicted molar refractivity (Wildman–Crippen MR) is 84.6 cm³/mol. The van der Waals surface area contributed by atoms with Crippen molar-refractivity contribution in [1.29, 1.82) is 0 Å². The van der Waals surface area contributed by atoms with E-state index in [9.17, 15) is 13.2 Å². The highest BCUT2D eigenvalue weighted by Crippen LogP contribution is 2.31. The summed E-state index contributed by atoms with van der Waals surface area (Å²) in [5.74, 6) is -0.0632. The minimum absolute atomic E-state index is 0.0507. The number of aromatic nitrogens is 2. The lowest BCUT2D eigenvalue weighted by Gasteiger charge is -2.33. The number of nitrogens with zero attached hydrogens (tertiary/aromatic N) is 3. The molecule has 0 saturated heterocycles. The molecule has 2 aliphatic rings. The number of hydrogen-bond acceptors (Lipinski definition) is 5. The molecule has 0 spiro atoms. The summed E-state index contributed by atoms with van der Waals surface area (Å²) in [7, 11) is -1.49. The maximum Gasteiger partial charge on any atom is 0.238 e. The van der Waals surface area contributed by atoms with Crippen LogP contribution in [-0.4, -0.2) is 60.8 Å². The topological polar surface area (TPSA) is 81.5 Å². The molecule has 1 atom stereocenters. The standard InChI is InChI=1S/C15H23N3O4S/c1-17-14-7-18(15(19)10-23(2,20)21)6-12(13(14)5-16-17)9-22-8-11-3-4-11/h5,11-12H,3-4,6-10H2,1-2H3. The van der Waals surface area contributed by atoms with Gasteiger partial charge >= 0.3 is 0 Å². The molecule has 23 heavy (non-hydrogen) atoms. The van der Waals surface area contributed by atoms with Gasteiger partial charge in [-0.1, -0.05) is 0 Å². The quantitative estimate of drug-likeness (QED) is 0.744. The molecule has 0 aromatic carbocycles. The Morgan fingerprint density at radius 3 is 2.78 bits per heavy atom. The third kappa shape index (κ3) is 4.11. The van der Waals surface area contributed by atoms with E-state index in [2.05, 4.69) is 5.10 Å². The fourth-order valence-corrected chi connectivity index (χ4v) is 3.56. The zero-order valence-electron chi connectivity index (χ0n) is 13.6. The van der Waals surface area contributed by atoms with Crippen LogP contribution in [0.3, 0.4) is 0 Å². The van der Waals surface area contributed by atoms with E-state index in [1.165, 1.54) is 12.8 Å². The van der Waals surface area contributed by atoms with Crippen molar-refractivity contribution in [2.75, 3.05) is 31.8 Å². The summed E-state index contributed by atoms with van der Waals surface area (Å²) in [4.78, 5) is 13.9. The minimum atomic E-state index is -3.33. The number of rotatable bonds is 6. The molecule has 3 rings (SSSR count). The lowest BCUT2D eigenvalue weighted by Crippen LogP contribution is -2.42. The summed E-state index contributed by atoms with van der Waals surface area (Å²) in [5.41, 5.74) is 2.06. The largest absolute Gasteiger partial charge is 0.380 e. The number of carbonyl (C=O) groups excluding carboxylic acids is 1. The number of carbonyl (C=O) groups is 1. The van der Waals surface area contributed by atoms with Gasteiger partial charge in [0.25, 0.3) is 0 Å². The number of fused-ring (bicyclic) bond motifs is 1. The Balaban J connectivity index is 1.71. The van der Waals surface area contributed by atoms with E-state index in [1.54, 1.807) is 9.58 Å². The zero-order valence-corrected chi connectivity index (χ0v) is 14.4. The Morgan fingerprint density at radius 2 is 2.13 bits per heavy atom. The highest BCUT2D eigenvalue weighted by molar-refractivity contribution is 7.91. The van der Waals surface area contributed by atoms with Gasteiger partial charge in [-0.3, -0.25) is 9.48 Å². The van der Waals surface area contributed by atoms with E-state index < -0.39 is 15.6 Å². The van der Waals surface area contributed by atoms with Gasteiger partial charge in [0, 0.05) is 37.9 Å². The normalized spacial score (nSPS) is 21.3. The average Bonchev–Trinajstić information content (AvgIpc) is 3.20. The number of hydrogen-bond donors (Lipinski definition) is 0. The molecule has 1 aliphatic carbocycles. The molecule has 8 heteroatoms. The molecule has 0 N–H and O–H groups in total. The molecule has 128 valence electrons. The minimum Gasteiger partial charge on any atom is -0.380 e. The Bertz CT molecular complexity index is 694. The van der Waals surface area contributed by atoms with E-state index in [4.69, 9.17) is 4.74 Å². The summed E-state index contributed by atoms with van der Waals surface area (Å²) in [5, 5.41) is 4.28. The second kappa shape index (κ2) is 6.24. The Morgan fingerprint density at radius 1 is 1.39 bits per heavy atom. The maximum atomic E-state index is 12.3. The number of sulfone groups is 1. The van der Waals surface area contributed by atoms with Gasteiger partial charge in [-0.25, -0.2) is 8.42 Å². The van der Waals surface area contributed by atoms with Crippen LogP contribution in [0.4, 0.5) is 0 Å². The molecular formula is C15H23N3O4S. The highest BCUT2D eigenvalue weighted by Gasteiger charge is 2.32. The third-order valence-electron chi connectivity index (χ3n) is 4.42. The van der Waals surface area contributed by atoms with Crippen LogP contribution in [0.2, 0.25) is 0 Å². The molecule has 1 fully saturated rings. The van der Waals surface area contributed by atoms with Gasteiger partial charge in [0.1, 0.15) is 5.75 Å². The van der Waals surface area contributed by atoms with Crippen molar-refractivity contribution in [2.45, 2.75) is 25.3 Å². The van der Waals surface area contributed by atoms with Crippen molar-refractivity contribution in [3.8, 4) is 0 Å². The van der Waals surface area contributed by atoms with E-state index in [0.29, 0.717) is 25.6 Å². The summed E-state index contributed by atoms with van der Waals surface area (Å²) in [6.07, 6.45) is 5.39. The van der Waals surface area contributed by atoms with Crippen molar-refractivity contribution < 1.29 is 17.9 Å². The van der Waals surface area contributed by atoms with Gasteiger partial charge in [0.15, 0.2) is 9.84 Å². The van der Waals surface area contributed by atoms with Gasteiger partial charge in [-0.05, 0) is 18.8 Å². The molecule has 1 amide bonds. The van der Waals surface area contributed by atoms with Crippen molar-refractivity contribution >= 4 is 15.7 Å². The van der Waals surface area contributed by atoms with Crippen LogP contribution < -0.4 is 0 Å². The van der Waals surface area contributed by atoms with Crippen LogP contribution in [0.15, 0.2) is 6.20 Å². The summed E-state index contributed by atoms with van der Waals surface area (Å²) >= 11 is 0. The third-order valence-corrected chi connectivity index (χ3v) is 5.19. The summed E-state index contributed by atoms with van der Waals surface area (Å²) < 4.78 is 30.3. The predicted octanol–water partition coefficient (Wildman–Crippen LogP) is 0.317. The van der Waals surface area contributed by atoms with Crippen LogP contribution in [0.25, 0.3) is 0 Å².